The molecule has 6 nitrogen and oxygen atoms in total. The second-order valence-corrected chi connectivity index (χ2v) is 5.48. The Morgan fingerprint density at radius 1 is 1.25 bits per heavy atom. The number of nitrogens with one attached hydrogen (secondary N) is 1. The van der Waals surface area contributed by atoms with Gasteiger partial charge in [-0.2, -0.15) is 4.98 Å². The lowest BCUT2D eigenvalue weighted by Crippen LogP contribution is -2.48. The van der Waals surface area contributed by atoms with E-state index in [0.29, 0.717) is 12.0 Å². The lowest BCUT2D eigenvalue weighted by molar-refractivity contribution is -0.129. The van der Waals surface area contributed by atoms with Crippen molar-refractivity contribution < 1.29 is 4.79 Å². The van der Waals surface area contributed by atoms with Crippen LogP contribution in [0.15, 0.2) is 6.07 Å². The van der Waals surface area contributed by atoms with E-state index < -0.39 is 0 Å². The van der Waals surface area contributed by atoms with Gasteiger partial charge in [0, 0.05) is 50.9 Å². The van der Waals surface area contributed by atoms with Crippen molar-refractivity contribution in [3.8, 4) is 0 Å². The van der Waals surface area contributed by atoms with Crippen molar-refractivity contribution in [3.05, 3.63) is 11.8 Å². The summed E-state index contributed by atoms with van der Waals surface area (Å²) in [5.41, 5.74) is 0.951. The van der Waals surface area contributed by atoms with E-state index in [4.69, 9.17) is 0 Å². The van der Waals surface area contributed by atoms with Crippen LogP contribution in [-0.2, 0) is 4.79 Å². The number of hydrogen-bond acceptors (Lipinski definition) is 5. The maximum absolute atomic E-state index is 11.3. The molecule has 1 aromatic rings. The van der Waals surface area contributed by atoms with Crippen molar-refractivity contribution in [1.82, 2.24) is 14.9 Å². The Labute approximate surface area is 120 Å². The molecule has 1 fully saturated rings. The SMILES string of the molecule is CC(=O)N1CCN(c2cc(C)nc(NC(C)C)n2)CC1. The highest BCUT2D eigenvalue weighted by Gasteiger charge is 2.20. The van der Waals surface area contributed by atoms with Crippen LogP contribution in [0.25, 0.3) is 0 Å². The molecule has 0 unspecified atom stereocenters. The number of aromatic nitrogens is 2. The third-order valence-electron chi connectivity index (χ3n) is 3.31. The molecule has 1 aliphatic rings. The van der Waals surface area contributed by atoms with Crippen LogP contribution in [0.4, 0.5) is 11.8 Å². The number of anilines is 2. The van der Waals surface area contributed by atoms with Gasteiger partial charge in [-0.15, -0.1) is 0 Å². The third-order valence-corrected chi connectivity index (χ3v) is 3.31. The highest BCUT2D eigenvalue weighted by molar-refractivity contribution is 5.73. The van der Waals surface area contributed by atoms with Gasteiger partial charge in [-0.05, 0) is 20.8 Å². The fraction of sp³-hybridized carbons (Fsp3) is 0.643. The summed E-state index contributed by atoms with van der Waals surface area (Å²) in [6.45, 7) is 10.9. The molecule has 2 heterocycles. The van der Waals surface area contributed by atoms with Gasteiger partial charge >= 0.3 is 0 Å². The van der Waals surface area contributed by atoms with E-state index in [0.717, 1.165) is 37.7 Å². The van der Waals surface area contributed by atoms with Gasteiger partial charge in [-0.25, -0.2) is 4.98 Å². The molecule has 20 heavy (non-hydrogen) atoms. The topological polar surface area (TPSA) is 61.4 Å². The molecule has 0 saturated carbocycles. The fourth-order valence-electron chi connectivity index (χ4n) is 2.29. The monoisotopic (exact) mass is 277 g/mol. The molecule has 110 valence electrons. The minimum Gasteiger partial charge on any atom is -0.353 e. The Bertz CT molecular complexity index is 480. The van der Waals surface area contributed by atoms with Crippen LogP contribution < -0.4 is 10.2 Å². The van der Waals surface area contributed by atoms with Crippen LogP contribution in [0, 0.1) is 6.92 Å². The number of rotatable bonds is 3. The molecule has 2 rings (SSSR count). The normalized spacial score (nSPS) is 15.7. The van der Waals surface area contributed by atoms with Crippen molar-refractivity contribution in [1.29, 1.82) is 0 Å². The Kier molecular flexibility index (Phi) is 4.42. The minimum atomic E-state index is 0.144. The van der Waals surface area contributed by atoms with Crippen LogP contribution in [0.1, 0.15) is 26.5 Å². The van der Waals surface area contributed by atoms with Gasteiger partial charge < -0.3 is 15.1 Å². The quantitative estimate of drug-likeness (QED) is 0.901. The van der Waals surface area contributed by atoms with Gasteiger partial charge in [0.05, 0.1) is 0 Å². The third kappa shape index (κ3) is 3.59. The second-order valence-electron chi connectivity index (χ2n) is 5.48. The Hall–Kier alpha value is -1.85. The average molecular weight is 277 g/mol. The molecular formula is C14H23N5O. The lowest BCUT2D eigenvalue weighted by atomic mass is 10.3. The Morgan fingerprint density at radius 2 is 1.90 bits per heavy atom. The molecule has 1 aliphatic heterocycles. The molecule has 0 radical (unpaired) electrons. The molecule has 0 aromatic carbocycles. The maximum atomic E-state index is 11.3. The van der Waals surface area contributed by atoms with E-state index in [2.05, 4.69) is 34.0 Å². The van der Waals surface area contributed by atoms with Gasteiger partial charge in [0.1, 0.15) is 5.82 Å². The Balaban J connectivity index is 2.09. The molecule has 0 aliphatic carbocycles. The predicted molar refractivity (Wildman–Crippen MR) is 80.0 cm³/mol. The van der Waals surface area contributed by atoms with Gasteiger partial charge in [-0.1, -0.05) is 0 Å². The van der Waals surface area contributed by atoms with Gasteiger partial charge in [-0.3, -0.25) is 4.79 Å². The summed E-state index contributed by atoms with van der Waals surface area (Å²) < 4.78 is 0. The van der Waals surface area contributed by atoms with E-state index >= 15 is 0 Å². The molecule has 6 heteroatoms. The number of amides is 1. The number of hydrogen-bond donors (Lipinski definition) is 1. The summed E-state index contributed by atoms with van der Waals surface area (Å²) in [5, 5.41) is 3.24. The zero-order valence-corrected chi connectivity index (χ0v) is 12.7. The summed E-state index contributed by atoms with van der Waals surface area (Å²) in [5.74, 6) is 1.75. The van der Waals surface area contributed by atoms with Crippen molar-refractivity contribution >= 4 is 17.7 Å². The highest BCUT2D eigenvalue weighted by Crippen LogP contribution is 2.17. The molecule has 0 bridgehead atoms. The molecule has 1 aromatic heterocycles. The second kappa shape index (κ2) is 6.07. The first kappa shape index (κ1) is 14.6. The molecule has 1 saturated heterocycles. The molecule has 0 atom stereocenters. The van der Waals surface area contributed by atoms with Crippen LogP contribution >= 0.6 is 0 Å². The van der Waals surface area contributed by atoms with Gasteiger partial charge in [0.15, 0.2) is 0 Å². The summed E-state index contributed by atoms with van der Waals surface area (Å²) in [4.78, 5) is 24.4. The Morgan fingerprint density at radius 3 is 2.45 bits per heavy atom. The molecular weight excluding hydrogens is 254 g/mol. The van der Waals surface area contributed by atoms with E-state index in [1.807, 2.05) is 17.9 Å². The van der Waals surface area contributed by atoms with E-state index in [9.17, 15) is 4.79 Å². The van der Waals surface area contributed by atoms with Crippen molar-refractivity contribution in [2.75, 3.05) is 36.4 Å². The number of carbonyl (C=O) groups excluding carboxylic acids is 1. The lowest BCUT2D eigenvalue weighted by Gasteiger charge is -2.35. The van der Waals surface area contributed by atoms with E-state index in [-0.39, 0.29) is 5.91 Å². The zero-order valence-electron chi connectivity index (χ0n) is 12.7. The molecule has 1 N–H and O–H groups in total. The van der Waals surface area contributed by atoms with E-state index in [1.165, 1.54) is 0 Å². The first-order valence-corrected chi connectivity index (χ1v) is 7.08. The number of aryl methyl sites for hydroxylation is 1. The zero-order chi connectivity index (χ0) is 14.7. The summed E-state index contributed by atoms with van der Waals surface area (Å²) in [7, 11) is 0. The number of nitrogens with zero attached hydrogens (tertiary/aromatic N) is 4. The predicted octanol–water partition coefficient (Wildman–Crippen LogP) is 1.27. The van der Waals surface area contributed by atoms with Gasteiger partial charge in [0.25, 0.3) is 0 Å². The van der Waals surface area contributed by atoms with Gasteiger partial charge in [0.2, 0.25) is 11.9 Å². The minimum absolute atomic E-state index is 0.144. The summed E-state index contributed by atoms with van der Waals surface area (Å²) >= 11 is 0. The largest absolute Gasteiger partial charge is 0.353 e. The molecule has 1 amide bonds. The van der Waals surface area contributed by atoms with Crippen LogP contribution in [0.3, 0.4) is 0 Å². The summed E-state index contributed by atoms with van der Waals surface area (Å²) in [6.07, 6.45) is 0. The summed E-state index contributed by atoms with van der Waals surface area (Å²) in [6, 6.07) is 2.30. The van der Waals surface area contributed by atoms with E-state index in [1.54, 1.807) is 6.92 Å². The highest BCUT2D eigenvalue weighted by atomic mass is 16.2. The van der Waals surface area contributed by atoms with Crippen molar-refractivity contribution in [2.24, 2.45) is 0 Å². The van der Waals surface area contributed by atoms with Crippen LogP contribution in [-0.4, -0.2) is 53.0 Å². The number of carbonyl (C=O) groups is 1. The first-order chi connectivity index (χ1) is 9.45. The van der Waals surface area contributed by atoms with Crippen LogP contribution in [0.2, 0.25) is 0 Å². The van der Waals surface area contributed by atoms with Crippen molar-refractivity contribution in [3.63, 3.8) is 0 Å². The molecule has 0 spiro atoms. The first-order valence-electron chi connectivity index (χ1n) is 7.08. The smallest absolute Gasteiger partial charge is 0.225 e. The number of piperazine rings is 1. The average Bonchev–Trinajstić information content (AvgIpc) is 2.37. The van der Waals surface area contributed by atoms with Crippen LogP contribution in [0.5, 0.6) is 0 Å². The standard InChI is InChI=1S/C14H23N5O/c1-10(2)15-14-16-11(3)9-13(17-14)19-7-5-18(6-8-19)12(4)20/h9-10H,5-8H2,1-4H3,(H,15,16,17). The maximum Gasteiger partial charge on any atom is 0.225 e. The van der Waals surface area contributed by atoms with Crippen molar-refractivity contribution in [2.45, 2.75) is 33.7 Å². The fourth-order valence-corrected chi connectivity index (χ4v) is 2.29.